The maximum Gasteiger partial charge on any atom is 0.269 e. The van der Waals surface area contributed by atoms with Crippen LogP contribution in [0.15, 0.2) is 54.6 Å². The van der Waals surface area contributed by atoms with Gasteiger partial charge < -0.3 is 10.0 Å². The molecule has 0 atom stereocenters. The molecular weight excluding hydrogens is 404 g/mol. The maximum absolute atomic E-state index is 11.1. The van der Waals surface area contributed by atoms with Gasteiger partial charge in [0.05, 0.1) is 10.5 Å². The van der Waals surface area contributed by atoms with E-state index in [4.69, 9.17) is 11.6 Å². The number of anilines is 1. The minimum absolute atomic E-state index is 0.0292. The van der Waals surface area contributed by atoms with E-state index in [2.05, 4.69) is 14.9 Å². The average Bonchev–Trinajstić information content (AvgIpc) is 2.74. The Morgan fingerprint density at radius 3 is 2.40 bits per heavy atom. The molecule has 3 aromatic rings. The summed E-state index contributed by atoms with van der Waals surface area (Å²) in [5.74, 6) is 1.30. The topological polar surface area (TPSA) is 92.4 Å². The van der Waals surface area contributed by atoms with Gasteiger partial charge in [-0.1, -0.05) is 29.8 Å². The number of benzene rings is 2. The van der Waals surface area contributed by atoms with E-state index in [1.807, 2.05) is 31.2 Å². The number of aryl methyl sites for hydroxylation is 1. The van der Waals surface area contributed by atoms with Crippen molar-refractivity contribution in [1.29, 1.82) is 0 Å². The van der Waals surface area contributed by atoms with Crippen LogP contribution in [0.3, 0.4) is 0 Å². The summed E-state index contributed by atoms with van der Waals surface area (Å²) < 4.78 is 0. The molecule has 154 valence electrons. The summed E-state index contributed by atoms with van der Waals surface area (Å²) >= 11 is 6.30. The summed E-state index contributed by atoms with van der Waals surface area (Å²) in [5.41, 5.74) is 1.35. The quantitative estimate of drug-likeness (QED) is 0.489. The smallest absolute Gasteiger partial charge is 0.269 e. The number of piperidine rings is 1. The molecule has 1 aromatic heterocycles. The lowest BCUT2D eigenvalue weighted by atomic mass is 9.84. The molecule has 1 saturated heterocycles. The van der Waals surface area contributed by atoms with E-state index in [-0.39, 0.29) is 5.69 Å². The molecule has 8 heteroatoms. The van der Waals surface area contributed by atoms with Crippen LogP contribution in [0.25, 0.3) is 11.4 Å². The lowest BCUT2D eigenvalue weighted by Gasteiger charge is -2.39. The largest absolute Gasteiger partial charge is 0.385 e. The summed E-state index contributed by atoms with van der Waals surface area (Å²) in [5, 5.41) is 22.6. The van der Waals surface area contributed by atoms with E-state index in [0.29, 0.717) is 36.8 Å². The monoisotopic (exact) mass is 424 g/mol. The van der Waals surface area contributed by atoms with E-state index in [1.54, 1.807) is 18.2 Å². The SMILES string of the molecule is Cc1cc(N2CCC(O)(c3ccccc3Cl)CC2)nc(-c2ccc([N+](=O)[O-])cc2)n1. The Hall–Kier alpha value is -3.03. The molecule has 0 aliphatic carbocycles. The summed E-state index contributed by atoms with van der Waals surface area (Å²) in [6.45, 7) is 3.14. The second kappa shape index (κ2) is 8.01. The highest BCUT2D eigenvalue weighted by Gasteiger charge is 2.36. The van der Waals surface area contributed by atoms with Gasteiger partial charge in [-0.05, 0) is 38.0 Å². The number of hydrogen-bond donors (Lipinski definition) is 1. The zero-order chi connectivity index (χ0) is 21.3. The van der Waals surface area contributed by atoms with Crippen molar-refractivity contribution >= 4 is 23.1 Å². The van der Waals surface area contributed by atoms with Gasteiger partial charge in [-0.15, -0.1) is 0 Å². The first-order valence-electron chi connectivity index (χ1n) is 9.69. The first-order chi connectivity index (χ1) is 14.4. The van der Waals surface area contributed by atoms with Crippen molar-refractivity contribution in [2.45, 2.75) is 25.4 Å². The van der Waals surface area contributed by atoms with E-state index >= 15 is 0 Å². The Balaban J connectivity index is 1.56. The van der Waals surface area contributed by atoms with Gasteiger partial charge in [-0.2, -0.15) is 0 Å². The second-order valence-electron chi connectivity index (χ2n) is 7.49. The van der Waals surface area contributed by atoms with Crippen LogP contribution < -0.4 is 4.90 Å². The molecule has 0 unspecified atom stereocenters. The number of nitro benzene ring substituents is 1. The van der Waals surface area contributed by atoms with Crippen molar-refractivity contribution in [1.82, 2.24) is 9.97 Å². The molecule has 1 aliphatic rings. The van der Waals surface area contributed by atoms with Gasteiger partial charge in [0, 0.05) is 53.1 Å². The molecule has 0 amide bonds. The molecule has 7 nitrogen and oxygen atoms in total. The van der Waals surface area contributed by atoms with Crippen molar-refractivity contribution in [2.24, 2.45) is 0 Å². The molecule has 30 heavy (non-hydrogen) atoms. The fourth-order valence-corrected chi connectivity index (χ4v) is 4.10. The zero-order valence-corrected chi connectivity index (χ0v) is 17.2. The van der Waals surface area contributed by atoms with Gasteiger partial charge in [0.15, 0.2) is 5.82 Å². The van der Waals surface area contributed by atoms with Gasteiger partial charge in [0.1, 0.15) is 5.82 Å². The Labute approximate surface area is 179 Å². The molecular formula is C22H21ClN4O3. The van der Waals surface area contributed by atoms with Gasteiger partial charge in [-0.3, -0.25) is 10.1 Å². The number of nitrogens with zero attached hydrogens (tertiary/aromatic N) is 4. The third-order valence-corrected chi connectivity index (χ3v) is 5.80. The lowest BCUT2D eigenvalue weighted by molar-refractivity contribution is -0.384. The third kappa shape index (κ3) is 3.99. The van der Waals surface area contributed by atoms with Crippen LogP contribution >= 0.6 is 11.6 Å². The maximum atomic E-state index is 11.1. The van der Waals surface area contributed by atoms with Crippen LogP contribution in [0.2, 0.25) is 5.02 Å². The number of aliphatic hydroxyl groups is 1. The predicted molar refractivity (Wildman–Crippen MR) is 116 cm³/mol. The van der Waals surface area contributed by atoms with Crippen LogP contribution in [0.5, 0.6) is 0 Å². The minimum Gasteiger partial charge on any atom is -0.385 e. The highest BCUT2D eigenvalue weighted by Crippen LogP contribution is 2.37. The molecule has 1 aliphatic heterocycles. The molecule has 0 saturated carbocycles. The molecule has 1 fully saturated rings. The summed E-state index contributed by atoms with van der Waals surface area (Å²) in [7, 11) is 0. The molecule has 0 radical (unpaired) electrons. The number of rotatable bonds is 4. The van der Waals surface area contributed by atoms with Crippen molar-refractivity contribution < 1.29 is 10.0 Å². The zero-order valence-electron chi connectivity index (χ0n) is 16.5. The van der Waals surface area contributed by atoms with Crippen molar-refractivity contribution in [3.8, 4) is 11.4 Å². The Bertz CT molecular complexity index is 1080. The normalized spacial score (nSPS) is 15.8. The van der Waals surface area contributed by atoms with E-state index in [9.17, 15) is 15.2 Å². The van der Waals surface area contributed by atoms with Crippen LogP contribution in [-0.2, 0) is 5.60 Å². The third-order valence-electron chi connectivity index (χ3n) is 5.47. The molecule has 4 rings (SSSR count). The number of aromatic nitrogens is 2. The fraction of sp³-hybridized carbons (Fsp3) is 0.273. The van der Waals surface area contributed by atoms with E-state index in [0.717, 1.165) is 22.6 Å². The number of non-ortho nitro benzene ring substituents is 1. The van der Waals surface area contributed by atoms with Crippen LogP contribution in [-0.4, -0.2) is 33.1 Å². The number of halogens is 1. The van der Waals surface area contributed by atoms with Gasteiger partial charge in [0.25, 0.3) is 5.69 Å². The van der Waals surface area contributed by atoms with Gasteiger partial charge in [-0.25, -0.2) is 9.97 Å². The highest BCUT2D eigenvalue weighted by atomic mass is 35.5. The Morgan fingerprint density at radius 1 is 1.10 bits per heavy atom. The first-order valence-corrected chi connectivity index (χ1v) is 10.1. The lowest BCUT2D eigenvalue weighted by Crippen LogP contribution is -2.43. The number of hydrogen-bond acceptors (Lipinski definition) is 6. The van der Waals surface area contributed by atoms with Crippen molar-refractivity contribution in [2.75, 3.05) is 18.0 Å². The van der Waals surface area contributed by atoms with Crippen molar-refractivity contribution in [3.63, 3.8) is 0 Å². The fourth-order valence-electron chi connectivity index (χ4n) is 3.79. The first kappa shape index (κ1) is 20.3. The summed E-state index contributed by atoms with van der Waals surface area (Å²) in [4.78, 5) is 21.7. The van der Waals surface area contributed by atoms with Gasteiger partial charge in [0.2, 0.25) is 0 Å². The van der Waals surface area contributed by atoms with Crippen LogP contribution in [0.4, 0.5) is 11.5 Å². The predicted octanol–water partition coefficient (Wildman–Crippen LogP) is 4.50. The summed E-state index contributed by atoms with van der Waals surface area (Å²) in [6, 6.07) is 15.5. The highest BCUT2D eigenvalue weighted by molar-refractivity contribution is 6.31. The second-order valence-corrected chi connectivity index (χ2v) is 7.90. The molecule has 2 heterocycles. The average molecular weight is 425 g/mol. The summed E-state index contributed by atoms with van der Waals surface area (Å²) in [6.07, 6.45) is 1.07. The molecule has 2 aromatic carbocycles. The molecule has 0 bridgehead atoms. The van der Waals surface area contributed by atoms with Crippen LogP contribution in [0.1, 0.15) is 24.1 Å². The van der Waals surface area contributed by atoms with Crippen LogP contribution in [0, 0.1) is 17.0 Å². The van der Waals surface area contributed by atoms with E-state index < -0.39 is 10.5 Å². The standard InChI is InChI=1S/C22H21ClN4O3/c1-15-14-20(25-21(24-15)16-6-8-17(9-7-16)27(29)30)26-12-10-22(28,11-13-26)18-4-2-3-5-19(18)23/h2-9,14,28H,10-13H2,1H3. The van der Waals surface area contributed by atoms with Gasteiger partial charge >= 0.3 is 0 Å². The Morgan fingerprint density at radius 2 is 1.77 bits per heavy atom. The van der Waals surface area contributed by atoms with E-state index in [1.165, 1.54) is 12.1 Å². The number of nitro groups is 1. The van der Waals surface area contributed by atoms with Crippen molar-refractivity contribution in [3.05, 3.63) is 81.0 Å². The Kier molecular flexibility index (Phi) is 5.40. The minimum atomic E-state index is -0.960. The molecule has 1 N–H and O–H groups in total. The molecule has 0 spiro atoms.